The number of aryl methyl sites for hydroxylation is 2. The van der Waals surface area contributed by atoms with Crippen LogP contribution in [0.3, 0.4) is 0 Å². The van der Waals surface area contributed by atoms with Crippen LogP contribution in [0.1, 0.15) is 28.1 Å². The summed E-state index contributed by atoms with van der Waals surface area (Å²) in [5.74, 6) is 0.709. The molecule has 0 bridgehead atoms. The molecule has 0 unspecified atom stereocenters. The van der Waals surface area contributed by atoms with Crippen molar-refractivity contribution in [3.05, 3.63) is 45.4 Å². The maximum absolute atomic E-state index is 11.5. The molecule has 1 heterocycles. The summed E-state index contributed by atoms with van der Waals surface area (Å²) in [6.07, 6.45) is 1.20. The third kappa shape index (κ3) is 5.82. The minimum atomic E-state index is -3.17. The predicted octanol–water partition coefficient (Wildman–Crippen LogP) is 2.42. The Morgan fingerprint density at radius 1 is 1.20 bits per heavy atom. The van der Waals surface area contributed by atoms with E-state index in [1.165, 1.54) is 11.1 Å². The van der Waals surface area contributed by atoms with E-state index in [9.17, 15) is 8.42 Å². The van der Waals surface area contributed by atoms with Crippen LogP contribution in [0.4, 0.5) is 0 Å². The third-order valence-corrected chi connectivity index (χ3v) is 5.80. The number of nitrogens with zero attached hydrogens (tertiary/aromatic N) is 2. The van der Waals surface area contributed by atoms with E-state index in [0.717, 1.165) is 22.8 Å². The fraction of sp³-hybridized carbons (Fsp3) is 0.412. The molecule has 2 N–H and O–H groups in total. The number of benzene rings is 1. The molecular formula is C17H24N4O2S2. The topological polar surface area (TPSA) is 83.5 Å². The lowest BCUT2D eigenvalue weighted by atomic mass is 10.2. The van der Waals surface area contributed by atoms with E-state index in [4.69, 9.17) is 0 Å². The largest absolute Gasteiger partial charge is 0.357 e. The minimum Gasteiger partial charge on any atom is -0.357 e. The number of aliphatic imine (C=N–C) groups is 1. The molecule has 136 valence electrons. The number of aromatic nitrogens is 1. The summed E-state index contributed by atoms with van der Waals surface area (Å²) >= 11 is 1.68. The molecule has 0 aliphatic carbocycles. The van der Waals surface area contributed by atoms with E-state index in [1.807, 2.05) is 13.8 Å². The molecule has 0 aliphatic rings. The standard InChI is InChI=1S/C17H24N4O2S2/c1-5-18-17(20-11-16-21-12(2)13(3)24-16)19-10-14-6-8-15(9-7-14)25(4,22)23/h6-9H,5,10-11H2,1-4H3,(H2,18,19,20). The molecule has 0 fully saturated rings. The van der Waals surface area contributed by atoms with E-state index in [0.29, 0.717) is 23.9 Å². The minimum absolute atomic E-state index is 0.319. The third-order valence-electron chi connectivity index (χ3n) is 3.60. The maximum atomic E-state index is 11.5. The number of sulfone groups is 1. The van der Waals surface area contributed by atoms with Crippen LogP contribution in [0.25, 0.3) is 0 Å². The van der Waals surface area contributed by atoms with Gasteiger partial charge in [0, 0.05) is 17.7 Å². The second-order valence-corrected chi connectivity index (χ2v) is 9.02. The van der Waals surface area contributed by atoms with Crippen LogP contribution in [0, 0.1) is 13.8 Å². The first-order chi connectivity index (χ1) is 11.8. The van der Waals surface area contributed by atoms with Gasteiger partial charge in [-0.1, -0.05) is 12.1 Å². The highest BCUT2D eigenvalue weighted by molar-refractivity contribution is 7.90. The van der Waals surface area contributed by atoms with Gasteiger partial charge in [0.05, 0.1) is 23.7 Å². The summed E-state index contributed by atoms with van der Waals surface area (Å²) in [5.41, 5.74) is 2.01. The molecule has 0 aliphatic heterocycles. The van der Waals surface area contributed by atoms with E-state index in [2.05, 4.69) is 27.5 Å². The van der Waals surface area contributed by atoms with Gasteiger partial charge in [-0.15, -0.1) is 11.3 Å². The Bertz CT molecular complexity index is 821. The molecule has 1 aromatic heterocycles. The molecule has 2 aromatic rings. The summed E-state index contributed by atoms with van der Waals surface area (Å²) in [5, 5.41) is 7.50. The molecule has 2 rings (SSSR count). The van der Waals surface area contributed by atoms with Crippen molar-refractivity contribution >= 4 is 27.1 Å². The van der Waals surface area contributed by atoms with Crippen LogP contribution in [0.2, 0.25) is 0 Å². The lowest BCUT2D eigenvalue weighted by molar-refractivity contribution is 0.602. The normalized spacial score (nSPS) is 12.2. The average Bonchev–Trinajstić information content (AvgIpc) is 2.88. The van der Waals surface area contributed by atoms with E-state index < -0.39 is 9.84 Å². The van der Waals surface area contributed by atoms with Gasteiger partial charge in [0.15, 0.2) is 15.8 Å². The van der Waals surface area contributed by atoms with Crippen LogP contribution >= 0.6 is 11.3 Å². The lowest BCUT2D eigenvalue weighted by Gasteiger charge is -2.10. The molecular weight excluding hydrogens is 356 g/mol. The fourth-order valence-corrected chi connectivity index (χ4v) is 3.63. The smallest absolute Gasteiger partial charge is 0.191 e. The van der Waals surface area contributed by atoms with Crippen LogP contribution < -0.4 is 10.6 Å². The Labute approximate surface area is 153 Å². The fourth-order valence-electron chi connectivity index (χ4n) is 2.13. The van der Waals surface area contributed by atoms with Gasteiger partial charge in [0.25, 0.3) is 0 Å². The number of hydrogen-bond donors (Lipinski definition) is 2. The number of guanidine groups is 1. The summed E-state index contributed by atoms with van der Waals surface area (Å²) < 4.78 is 23.0. The molecule has 0 saturated carbocycles. The van der Waals surface area contributed by atoms with E-state index >= 15 is 0 Å². The predicted molar refractivity (Wildman–Crippen MR) is 103 cm³/mol. The van der Waals surface area contributed by atoms with Gasteiger partial charge in [-0.2, -0.15) is 0 Å². The Morgan fingerprint density at radius 3 is 2.40 bits per heavy atom. The van der Waals surface area contributed by atoms with Gasteiger partial charge in [0.1, 0.15) is 5.01 Å². The highest BCUT2D eigenvalue weighted by Crippen LogP contribution is 2.16. The van der Waals surface area contributed by atoms with Crippen molar-refractivity contribution in [2.75, 3.05) is 12.8 Å². The number of thiazole rings is 1. The van der Waals surface area contributed by atoms with E-state index in [-0.39, 0.29) is 0 Å². The van der Waals surface area contributed by atoms with Gasteiger partial charge in [-0.05, 0) is 38.5 Å². The van der Waals surface area contributed by atoms with Crippen LogP contribution in [-0.2, 0) is 22.9 Å². The molecule has 1 aromatic carbocycles. The monoisotopic (exact) mass is 380 g/mol. The van der Waals surface area contributed by atoms with Gasteiger partial charge in [0.2, 0.25) is 0 Å². The first-order valence-electron chi connectivity index (χ1n) is 8.03. The van der Waals surface area contributed by atoms with Crippen molar-refractivity contribution in [2.24, 2.45) is 4.99 Å². The van der Waals surface area contributed by atoms with Crippen molar-refractivity contribution < 1.29 is 8.42 Å². The molecule has 0 spiro atoms. The maximum Gasteiger partial charge on any atom is 0.191 e. The molecule has 6 nitrogen and oxygen atoms in total. The summed E-state index contributed by atoms with van der Waals surface area (Å²) in [6, 6.07) is 6.80. The Kier molecular flexibility index (Phi) is 6.55. The van der Waals surface area contributed by atoms with Gasteiger partial charge in [-0.3, -0.25) is 0 Å². The van der Waals surface area contributed by atoms with Crippen LogP contribution in [0.15, 0.2) is 34.2 Å². The number of rotatable bonds is 6. The highest BCUT2D eigenvalue weighted by atomic mass is 32.2. The average molecular weight is 381 g/mol. The quantitative estimate of drug-likeness (QED) is 0.594. The Balaban J connectivity index is 2.01. The zero-order valence-corrected chi connectivity index (χ0v) is 16.6. The summed E-state index contributed by atoms with van der Waals surface area (Å²) in [4.78, 5) is 10.6. The second kappa shape index (κ2) is 8.44. The van der Waals surface area contributed by atoms with Crippen molar-refractivity contribution in [3.63, 3.8) is 0 Å². The molecule has 25 heavy (non-hydrogen) atoms. The summed E-state index contributed by atoms with van der Waals surface area (Å²) in [7, 11) is -3.17. The van der Waals surface area contributed by atoms with Gasteiger partial charge < -0.3 is 10.6 Å². The Morgan fingerprint density at radius 2 is 1.88 bits per heavy atom. The SMILES string of the molecule is CCNC(=NCc1ccc(S(C)(=O)=O)cc1)NCc1nc(C)c(C)s1. The number of hydrogen-bond acceptors (Lipinski definition) is 5. The molecule has 0 amide bonds. The van der Waals surface area contributed by atoms with Crippen molar-refractivity contribution in [1.82, 2.24) is 15.6 Å². The molecule has 0 atom stereocenters. The molecule has 8 heteroatoms. The van der Waals surface area contributed by atoms with Gasteiger partial charge in [-0.25, -0.2) is 18.4 Å². The molecule has 0 saturated heterocycles. The van der Waals surface area contributed by atoms with E-state index in [1.54, 1.807) is 35.6 Å². The highest BCUT2D eigenvalue weighted by Gasteiger charge is 2.07. The van der Waals surface area contributed by atoms with Crippen LogP contribution in [-0.4, -0.2) is 32.2 Å². The van der Waals surface area contributed by atoms with Crippen molar-refractivity contribution in [2.45, 2.75) is 38.8 Å². The second-order valence-electron chi connectivity index (χ2n) is 5.71. The summed E-state index contributed by atoms with van der Waals surface area (Å²) in [6.45, 7) is 7.93. The lowest BCUT2D eigenvalue weighted by Crippen LogP contribution is -2.36. The Hall–Kier alpha value is -1.93. The van der Waals surface area contributed by atoms with Crippen molar-refractivity contribution in [3.8, 4) is 0 Å². The van der Waals surface area contributed by atoms with Crippen LogP contribution in [0.5, 0.6) is 0 Å². The van der Waals surface area contributed by atoms with Crippen molar-refractivity contribution in [1.29, 1.82) is 0 Å². The zero-order chi connectivity index (χ0) is 18.4. The molecule has 0 radical (unpaired) electrons. The zero-order valence-electron chi connectivity index (χ0n) is 15.0. The first-order valence-corrected chi connectivity index (χ1v) is 10.7. The number of nitrogens with one attached hydrogen (secondary N) is 2. The first kappa shape index (κ1) is 19.4. The van der Waals surface area contributed by atoms with Gasteiger partial charge >= 0.3 is 0 Å².